The third kappa shape index (κ3) is 3.21. The minimum atomic E-state index is 0.0964. The molecule has 2 unspecified atom stereocenters. The Morgan fingerprint density at radius 1 is 1.29 bits per heavy atom. The van der Waals surface area contributed by atoms with Gasteiger partial charge >= 0.3 is 0 Å². The van der Waals surface area contributed by atoms with E-state index in [0.717, 1.165) is 31.7 Å². The third-order valence-electron chi connectivity index (χ3n) is 4.06. The van der Waals surface area contributed by atoms with Gasteiger partial charge in [0.1, 0.15) is 0 Å². The molecule has 1 aliphatic carbocycles. The van der Waals surface area contributed by atoms with Gasteiger partial charge in [-0.25, -0.2) is 0 Å². The van der Waals surface area contributed by atoms with Gasteiger partial charge in [-0.3, -0.25) is 10.1 Å². The predicted octanol–water partition coefficient (Wildman–Crippen LogP) is 2.51. The number of rotatable bonds is 7. The van der Waals surface area contributed by atoms with Crippen molar-refractivity contribution in [1.82, 2.24) is 10.2 Å². The molecule has 1 heterocycles. The van der Waals surface area contributed by atoms with E-state index in [4.69, 9.17) is 0 Å². The Bertz CT molecular complexity index is 263. The molecule has 2 fully saturated rings. The van der Waals surface area contributed by atoms with Gasteiger partial charge in [0.15, 0.2) is 0 Å². The summed E-state index contributed by atoms with van der Waals surface area (Å²) in [6, 6.07) is 0.0964. The number of hydrogen-bond donors (Lipinski definition) is 1. The van der Waals surface area contributed by atoms with E-state index in [9.17, 15) is 4.79 Å². The molecule has 0 bridgehead atoms. The number of hydrogen-bond acceptors (Lipinski definition) is 2. The summed E-state index contributed by atoms with van der Waals surface area (Å²) in [6.07, 6.45) is 8.62. The maximum atomic E-state index is 12.3. The summed E-state index contributed by atoms with van der Waals surface area (Å²) < 4.78 is 0. The zero-order chi connectivity index (χ0) is 12.3. The van der Waals surface area contributed by atoms with E-state index < -0.39 is 0 Å². The minimum Gasteiger partial charge on any atom is -0.326 e. The number of nitrogens with zero attached hydrogens (tertiary/aromatic N) is 1. The number of unbranched alkanes of at least 4 members (excludes halogenated alkanes) is 1. The molecule has 1 N–H and O–H groups in total. The summed E-state index contributed by atoms with van der Waals surface area (Å²) >= 11 is 0. The summed E-state index contributed by atoms with van der Waals surface area (Å²) in [4.78, 5) is 14.4. The Labute approximate surface area is 105 Å². The smallest absolute Gasteiger partial charge is 0.241 e. The van der Waals surface area contributed by atoms with E-state index in [0.29, 0.717) is 12.1 Å². The molecular weight excluding hydrogens is 212 g/mol. The van der Waals surface area contributed by atoms with Gasteiger partial charge in [-0.05, 0) is 25.2 Å². The van der Waals surface area contributed by atoms with Crippen molar-refractivity contribution >= 4 is 5.91 Å². The molecule has 98 valence electrons. The summed E-state index contributed by atoms with van der Waals surface area (Å²) in [5, 5.41) is 3.50. The van der Waals surface area contributed by atoms with Crippen LogP contribution in [0, 0.1) is 5.92 Å². The Morgan fingerprint density at radius 3 is 2.65 bits per heavy atom. The fourth-order valence-electron chi connectivity index (χ4n) is 2.69. The van der Waals surface area contributed by atoms with Gasteiger partial charge in [0.2, 0.25) is 5.91 Å². The maximum absolute atomic E-state index is 12.3. The molecule has 0 spiro atoms. The number of amides is 1. The van der Waals surface area contributed by atoms with Crippen LogP contribution in [0.25, 0.3) is 0 Å². The maximum Gasteiger partial charge on any atom is 0.241 e. The number of nitrogens with one attached hydrogen (secondary N) is 1. The summed E-state index contributed by atoms with van der Waals surface area (Å²) in [6.45, 7) is 5.32. The van der Waals surface area contributed by atoms with Gasteiger partial charge < -0.3 is 4.90 Å². The summed E-state index contributed by atoms with van der Waals surface area (Å²) in [7, 11) is 0. The quantitative estimate of drug-likeness (QED) is 0.739. The van der Waals surface area contributed by atoms with Crippen LogP contribution in [-0.4, -0.2) is 29.6 Å². The Hall–Kier alpha value is -0.570. The van der Waals surface area contributed by atoms with Crippen LogP contribution in [0.1, 0.15) is 58.8 Å². The van der Waals surface area contributed by atoms with Gasteiger partial charge in [0.25, 0.3) is 0 Å². The van der Waals surface area contributed by atoms with Crippen molar-refractivity contribution in [2.45, 2.75) is 71.0 Å². The summed E-state index contributed by atoms with van der Waals surface area (Å²) in [5.74, 6) is 1.26. The van der Waals surface area contributed by atoms with Gasteiger partial charge in [-0.2, -0.15) is 0 Å². The molecule has 0 aromatic rings. The van der Waals surface area contributed by atoms with Crippen LogP contribution in [0.3, 0.4) is 0 Å². The molecule has 1 saturated carbocycles. The molecule has 2 rings (SSSR count). The monoisotopic (exact) mass is 238 g/mol. The molecule has 17 heavy (non-hydrogen) atoms. The molecule has 3 nitrogen and oxygen atoms in total. The second kappa shape index (κ2) is 5.85. The first kappa shape index (κ1) is 12.9. The first-order chi connectivity index (χ1) is 8.26. The highest BCUT2D eigenvalue weighted by Gasteiger charge is 2.37. The van der Waals surface area contributed by atoms with Crippen LogP contribution in [0.4, 0.5) is 0 Å². The lowest BCUT2D eigenvalue weighted by Gasteiger charge is -2.22. The fourth-order valence-corrected chi connectivity index (χ4v) is 2.69. The molecule has 0 radical (unpaired) electrons. The van der Waals surface area contributed by atoms with E-state index in [1.807, 2.05) is 0 Å². The van der Waals surface area contributed by atoms with Crippen molar-refractivity contribution < 1.29 is 4.79 Å². The molecule has 0 aromatic heterocycles. The normalized spacial score (nSPS) is 29.1. The molecular formula is C14H26N2O. The standard InChI is InChI=1S/C14H26N2O/c1-3-5-6-12-14(17)16(13(4-2)15-12)10-9-11-7-8-11/h11-13,15H,3-10H2,1-2H3. The molecule has 1 amide bonds. The molecule has 1 aliphatic heterocycles. The van der Waals surface area contributed by atoms with Crippen LogP contribution in [0.15, 0.2) is 0 Å². The molecule has 1 saturated heterocycles. The topological polar surface area (TPSA) is 32.3 Å². The van der Waals surface area contributed by atoms with Crippen molar-refractivity contribution in [1.29, 1.82) is 0 Å². The van der Waals surface area contributed by atoms with Crippen molar-refractivity contribution in [3.63, 3.8) is 0 Å². The average molecular weight is 238 g/mol. The van der Waals surface area contributed by atoms with Crippen molar-refractivity contribution in [2.75, 3.05) is 6.54 Å². The van der Waals surface area contributed by atoms with E-state index in [2.05, 4.69) is 24.1 Å². The number of carbonyl (C=O) groups is 1. The van der Waals surface area contributed by atoms with Crippen molar-refractivity contribution in [3.05, 3.63) is 0 Å². The van der Waals surface area contributed by atoms with Gasteiger partial charge in [-0.15, -0.1) is 0 Å². The highest BCUT2D eigenvalue weighted by Crippen LogP contribution is 2.33. The van der Waals surface area contributed by atoms with Crippen LogP contribution < -0.4 is 5.32 Å². The van der Waals surface area contributed by atoms with Crippen molar-refractivity contribution in [2.24, 2.45) is 5.92 Å². The Kier molecular flexibility index (Phi) is 4.43. The molecule has 2 aliphatic rings. The largest absolute Gasteiger partial charge is 0.326 e. The predicted molar refractivity (Wildman–Crippen MR) is 69.6 cm³/mol. The van der Waals surface area contributed by atoms with E-state index in [1.54, 1.807) is 0 Å². The van der Waals surface area contributed by atoms with Gasteiger partial charge in [0.05, 0.1) is 12.2 Å². The van der Waals surface area contributed by atoms with E-state index >= 15 is 0 Å². The second-order valence-electron chi connectivity index (χ2n) is 5.55. The Morgan fingerprint density at radius 2 is 2.06 bits per heavy atom. The molecule has 0 aromatic carbocycles. The fraction of sp³-hybridized carbons (Fsp3) is 0.929. The number of carbonyl (C=O) groups excluding carboxylic acids is 1. The van der Waals surface area contributed by atoms with Gasteiger partial charge in [0, 0.05) is 6.54 Å². The first-order valence-corrected chi connectivity index (χ1v) is 7.32. The second-order valence-corrected chi connectivity index (χ2v) is 5.55. The van der Waals surface area contributed by atoms with E-state index in [1.165, 1.54) is 25.7 Å². The van der Waals surface area contributed by atoms with Crippen LogP contribution in [0.2, 0.25) is 0 Å². The Balaban J connectivity index is 1.85. The van der Waals surface area contributed by atoms with Gasteiger partial charge in [-0.1, -0.05) is 39.5 Å². The average Bonchev–Trinajstić information content (AvgIpc) is 3.11. The highest BCUT2D eigenvalue weighted by molar-refractivity contribution is 5.84. The van der Waals surface area contributed by atoms with Crippen LogP contribution >= 0.6 is 0 Å². The molecule has 3 heteroatoms. The first-order valence-electron chi connectivity index (χ1n) is 7.32. The minimum absolute atomic E-state index is 0.0964. The molecule has 2 atom stereocenters. The van der Waals surface area contributed by atoms with Crippen LogP contribution in [-0.2, 0) is 4.79 Å². The highest BCUT2D eigenvalue weighted by atomic mass is 16.2. The van der Waals surface area contributed by atoms with E-state index in [-0.39, 0.29) is 6.04 Å². The zero-order valence-electron chi connectivity index (χ0n) is 11.2. The lowest BCUT2D eigenvalue weighted by atomic mass is 10.1. The lowest BCUT2D eigenvalue weighted by Crippen LogP contribution is -2.37. The van der Waals surface area contributed by atoms with Crippen LogP contribution in [0.5, 0.6) is 0 Å². The summed E-state index contributed by atoms with van der Waals surface area (Å²) in [5.41, 5.74) is 0. The van der Waals surface area contributed by atoms with Crippen molar-refractivity contribution in [3.8, 4) is 0 Å². The SMILES string of the molecule is CCCCC1NC(CC)N(CCC2CC2)C1=O. The lowest BCUT2D eigenvalue weighted by molar-refractivity contribution is -0.130. The third-order valence-corrected chi connectivity index (χ3v) is 4.06. The zero-order valence-corrected chi connectivity index (χ0v) is 11.2.